The van der Waals surface area contributed by atoms with Gasteiger partial charge in [0.25, 0.3) is 5.91 Å². The highest BCUT2D eigenvalue weighted by atomic mass is 32.1. The average Bonchev–Trinajstić information content (AvgIpc) is 2.74. The lowest BCUT2D eigenvalue weighted by Crippen LogP contribution is -2.34. The molecule has 0 fully saturated rings. The smallest absolute Gasteiger partial charge is 0.253 e. The van der Waals surface area contributed by atoms with Crippen LogP contribution in [0.15, 0.2) is 30.3 Å². The summed E-state index contributed by atoms with van der Waals surface area (Å²) in [5, 5.41) is 3.00. The van der Waals surface area contributed by atoms with Gasteiger partial charge in [-0.25, -0.2) is 0 Å². The van der Waals surface area contributed by atoms with E-state index in [-0.39, 0.29) is 11.9 Å². The minimum Gasteiger partial charge on any atom is -0.398 e. The highest BCUT2D eigenvalue weighted by Gasteiger charge is 2.13. The van der Waals surface area contributed by atoms with Gasteiger partial charge in [0, 0.05) is 27.9 Å². The summed E-state index contributed by atoms with van der Waals surface area (Å²) in [5.41, 5.74) is 8.03. The third-order valence-electron chi connectivity index (χ3n) is 3.13. The fraction of sp³-hybridized carbons (Fsp3) is 0.312. The number of nitrogen functional groups attached to an aromatic ring is 1. The molecule has 4 heteroatoms. The molecule has 3 N–H and O–H groups in total. The molecular weight excluding hydrogens is 268 g/mol. The van der Waals surface area contributed by atoms with Gasteiger partial charge in [0.15, 0.2) is 0 Å². The number of aryl methyl sites for hydroxylation is 2. The molecule has 0 bridgehead atoms. The molecule has 1 amide bonds. The van der Waals surface area contributed by atoms with Crippen molar-refractivity contribution in [1.82, 2.24) is 5.32 Å². The summed E-state index contributed by atoms with van der Waals surface area (Å²) < 4.78 is 0. The van der Waals surface area contributed by atoms with E-state index in [0.29, 0.717) is 11.3 Å². The van der Waals surface area contributed by atoms with E-state index in [2.05, 4.69) is 24.4 Å². The van der Waals surface area contributed by atoms with Crippen molar-refractivity contribution < 1.29 is 4.79 Å². The van der Waals surface area contributed by atoms with Crippen LogP contribution in [-0.2, 0) is 6.42 Å². The first-order valence-electron chi connectivity index (χ1n) is 6.68. The van der Waals surface area contributed by atoms with E-state index in [1.54, 1.807) is 17.4 Å². The topological polar surface area (TPSA) is 55.1 Å². The van der Waals surface area contributed by atoms with Crippen molar-refractivity contribution in [3.05, 3.63) is 51.2 Å². The quantitative estimate of drug-likeness (QED) is 0.848. The van der Waals surface area contributed by atoms with Crippen molar-refractivity contribution in [3.8, 4) is 0 Å². The summed E-state index contributed by atoms with van der Waals surface area (Å²) in [5.74, 6) is -0.108. The number of hydrogen-bond acceptors (Lipinski definition) is 3. The largest absolute Gasteiger partial charge is 0.398 e. The van der Waals surface area contributed by atoms with Crippen LogP contribution in [0.2, 0.25) is 0 Å². The van der Waals surface area contributed by atoms with Gasteiger partial charge in [-0.15, -0.1) is 11.3 Å². The normalized spacial score (nSPS) is 12.2. The number of nitrogens with two attached hydrogens (primary N) is 1. The third kappa shape index (κ3) is 3.61. The van der Waals surface area contributed by atoms with Crippen molar-refractivity contribution in [2.75, 3.05) is 5.73 Å². The first-order valence-corrected chi connectivity index (χ1v) is 7.49. The van der Waals surface area contributed by atoms with Crippen LogP contribution >= 0.6 is 11.3 Å². The Hall–Kier alpha value is -1.81. The molecule has 20 heavy (non-hydrogen) atoms. The van der Waals surface area contributed by atoms with Crippen molar-refractivity contribution >= 4 is 22.9 Å². The Morgan fingerprint density at radius 2 is 2.05 bits per heavy atom. The highest BCUT2D eigenvalue weighted by Crippen LogP contribution is 2.17. The summed E-state index contributed by atoms with van der Waals surface area (Å²) in [6.07, 6.45) is 0.843. The molecule has 0 spiro atoms. The molecule has 0 aliphatic rings. The van der Waals surface area contributed by atoms with Crippen LogP contribution in [0.5, 0.6) is 0 Å². The standard InChI is InChI=1S/C16H20N2OS/c1-10-4-7-14(15(17)8-10)16(19)18-11(2)9-13-6-5-12(3)20-13/h4-8,11H,9,17H2,1-3H3,(H,18,19). The highest BCUT2D eigenvalue weighted by molar-refractivity contribution is 7.11. The van der Waals surface area contributed by atoms with Gasteiger partial charge in [0.05, 0.1) is 5.56 Å². The molecule has 0 aliphatic carbocycles. The minimum absolute atomic E-state index is 0.0845. The van der Waals surface area contributed by atoms with Crippen LogP contribution in [0.25, 0.3) is 0 Å². The number of carbonyl (C=O) groups excluding carboxylic acids is 1. The zero-order valence-corrected chi connectivity index (χ0v) is 12.9. The number of anilines is 1. The number of amides is 1. The molecule has 0 saturated heterocycles. The van der Waals surface area contributed by atoms with Crippen molar-refractivity contribution in [3.63, 3.8) is 0 Å². The molecule has 0 aliphatic heterocycles. The van der Waals surface area contributed by atoms with Gasteiger partial charge >= 0.3 is 0 Å². The second kappa shape index (κ2) is 6.09. The number of rotatable bonds is 4. The van der Waals surface area contributed by atoms with Gasteiger partial charge < -0.3 is 11.1 Å². The van der Waals surface area contributed by atoms with Crippen molar-refractivity contribution in [2.45, 2.75) is 33.2 Å². The van der Waals surface area contributed by atoms with Crippen LogP contribution in [0.1, 0.15) is 32.6 Å². The summed E-state index contributed by atoms with van der Waals surface area (Å²) in [7, 11) is 0. The van der Waals surface area contributed by atoms with Crippen LogP contribution in [-0.4, -0.2) is 11.9 Å². The maximum atomic E-state index is 12.2. The summed E-state index contributed by atoms with van der Waals surface area (Å²) in [6.45, 7) is 6.06. The lowest BCUT2D eigenvalue weighted by molar-refractivity contribution is 0.0941. The lowest BCUT2D eigenvalue weighted by atomic mass is 10.1. The predicted molar refractivity (Wildman–Crippen MR) is 85.3 cm³/mol. The predicted octanol–water partition coefficient (Wildman–Crippen LogP) is 3.31. The van der Waals surface area contributed by atoms with E-state index in [4.69, 9.17) is 5.73 Å². The Kier molecular flexibility index (Phi) is 4.45. The lowest BCUT2D eigenvalue weighted by Gasteiger charge is -2.14. The Morgan fingerprint density at radius 1 is 1.30 bits per heavy atom. The van der Waals surface area contributed by atoms with E-state index < -0.39 is 0 Å². The van der Waals surface area contributed by atoms with Crippen molar-refractivity contribution in [2.24, 2.45) is 0 Å². The number of nitrogens with one attached hydrogen (secondary N) is 1. The third-order valence-corrected chi connectivity index (χ3v) is 4.16. The second-order valence-electron chi connectivity index (χ2n) is 5.18. The molecule has 1 aromatic carbocycles. The van der Waals surface area contributed by atoms with E-state index in [9.17, 15) is 4.79 Å². The molecule has 3 nitrogen and oxygen atoms in total. The van der Waals surface area contributed by atoms with Crippen molar-refractivity contribution in [1.29, 1.82) is 0 Å². The molecule has 2 aromatic rings. The number of carbonyl (C=O) groups is 1. The zero-order valence-electron chi connectivity index (χ0n) is 12.1. The van der Waals surface area contributed by atoms with Gasteiger partial charge in [-0.2, -0.15) is 0 Å². The van der Waals surface area contributed by atoms with Gasteiger partial charge in [0.2, 0.25) is 0 Å². The zero-order chi connectivity index (χ0) is 14.7. The maximum absolute atomic E-state index is 12.2. The van der Waals surface area contributed by atoms with E-state index in [1.165, 1.54) is 9.75 Å². The molecular formula is C16H20N2OS. The Bertz CT molecular complexity index is 619. The van der Waals surface area contributed by atoms with Crippen LogP contribution in [0.3, 0.4) is 0 Å². The summed E-state index contributed by atoms with van der Waals surface area (Å²) >= 11 is 1.77. The van der Waals surface area contributed by atoms with E-state index >= 15 is 0 Å². The van der Waals surface area contributed by atoms with E-state index in [0.717, 1.165) is 12.0 Å². The molecule has 1 atom stereocenters. The SMILES string of the molecule is Cc1ccc(C(=O)NC(C)Cc2ccc(C)s2)c(N)c1. The average molecular weight is 288 g/mol. The Balaban J connectivity index is 2.00. The van der Waals surface area contributed by atoms with Crippen LogP contribution < -0.4 is 11.1 Å². The number of benzene rings is 1. The fourth-order valence-corrected chi connectivity index (χ4v) is 3.16. The first-order chi connectivity index (χ1) is 9.45. The molecule has 0 saturated carbocycles. The fourth-order valence-electron chi connectivity index (χ4n) is 2.14. The van der Waals surface area contributed by atoms with Crippen LogP contribution in [0, 0.1) is 13.8 Å². The summed E-state index contributed by atoms with van der Waals surface area (Å²) in [4.78, 5) is 14.8. The Labute approximate surface area is 123 Å². The second-order valence-corrected chi connectivity index (χ2v) is 6.55. The number of hydrogen-bond donors (Lipinski definition) is 2. The molecule has 106 valence electrons. The van der Waals surface area contributed by atoms with Crippen LogP contribution in [0.4, 0.5) is 5.69 Å². The first kappa shape index (κ1) is 14.6. The molecule has 1 heterocycles. The van der Waals surface area contributed by atoms with Gasteiger partial charge in [-0.1, -0.05) is 6.07 Å². The molecule has 2 rings (SSSR count). The van der Waals surface area contributed by atoms with E-state index in [1.807, 2.05) is 26.0 Å². The molecule has 1 aromatic heterocycles. The van der Waals surface area contributed by atoms with Gasteiger partial charge in [-0.05, 0) is 50.6 Å². The maximum Gasteiger partial charge on any atom is 0.253 e. The summed E-state index contributed by atoms with van der Waals surface area (Å²) in [6, 6.07) is 9.80. The number of thiophene rings is 1. The van der Waals surface area contributed by atoms with Gasteiger partial charge in [0.1, 0.15) is 0 Å². The van der Waals surface area contributed by atoms with Gasteiger partial charge in [-0.3, -0.25) is 4.79 Å². The molecule has 1 unspecified atom stereocenters. The Morgan fingerprint density at radius 3 is 2.65 bits per heavy atom. The monoisotopic (exact) mass is 288 g/mol. The minimum atomic E-state index is -0.108. The molecule has 0 radical (unpaired) electrons.